The van der Waals surface area contributed by atoms with Gasteiger partial charge in [-0.2, -0.15) is 0 Å². The predicted octanol–water partition coefficient (Wildman–Crippen LogP) is 8.87. The third kappa shape index (κ3) is 16.5. The van der Waals surface area contributed by atoms with Gasteiger partial charge in [0, 0.05) is 12.5 Å². The molecule has 43 heavy (non-hydrogen) atoms. The SMILES string of the molecule is C/C=C/SC(=O)NC(C)=O.C=CSC(=C\C)/C(OC)=C(\OCCOc1cccc(C)c1)C(=O)C1=CC(F)=CCC=C1.CC. The molecule has 0 atom stereocenters. The molecule has 0 saturated heterocycles. The standard InChI is InChI=1S/C25H27FO4S.C6H9NO2S.C2H6/c1-5-22(31-6-2)24(28-4)25(23(27)19-11-7-8-12-20(26)17-19)30-15-14-29-21-13-9-10-18(3)16-21;1-3-4-10-6(9)7-5(2)8;1-2/h5-7,9-13,16-17H,2,8,14-15H2,1,3-4H3;3-4H,1-2H3,(H,7,8,9);1-2H3/b22-5-,25-24+;4-3+;. The summed E-state index contributed by atoms with van der Waals surface area (Å²) in [6.45, 7) is 14.9. The molecule has 1 N–H and O–H groups in total. The minimum Gasteiger partial charge on any atom is -0.492 e. The van der Waals surface area contributed by atoms with E-state index in [1.165, 1.54) is 37.9 Å². The number of thioether (sulfide) groups is 2. The lowest BCUT2D eigenvalue weighted by Crippen LogP contribution is -2.23. The van der Waals surface area contributed by atoms with Crippen molar-refractivity contribution < 1.29 is 33.0 Å². The monoisotopic (exact) mass is 631 g/mol. The van der Waals surface area contributed by atoms with E-state index >= 15 is 0 Å². The van der Waals surface area contributed by atoms with Crippen LogP contribution in [0.5, 0.6) is 5.75 Å². The third-order valence-electron chi connectivity index (χ3n) is 4.79. The van der Waals surface area contributed by atoms with Crippen LogP contribution in [0.4, 0.5) is 9.18 Å². The molecule has 10 heteroatoms. The Kier molecular flexibility index (Phi) is 21.7. The quantitative estimate of drug-likeness (QED) is 0.106. The number of hydrogen-bond donors (Lipinski definition) is 1. The Labute approximate surface area is 263 Å². The number of allylic oxidation sites excluding steroid dienone is 8. The number of halogens is 1. The molecule has 2 amide bonds. The van der Waals surface area contributed by atoms with Crippen molar-refractivity contribution in [3.05, 3.63) is 112 Å². The highest BCUT2D eigenvalue weighted by molar-refractivity contribution is 8.16. The van der Waals surface area contributed by atoms with Crippen molar-refractivity contribution in [2.24, 2.45) is 0 Å². The van der Waals surface area contributed by atoms with Crippen molar-refractivity contribution in [3.8, 4) is 5.75 Å². The Balaban J connectivity index is 0.00000124. The smallest absolute Gasteiger partial charge is 0.289 e. The lowest BCUT2D eigenvalue weighted by Gasteiger charge is -2.17. The van der Waals surface area contributed by atoms with Crippen LogP contribution in [0.15, 0.2) is 106 Å². The molecular formula is C33H42FNO6S2. The summed E-state index contributed by atoms with van der Waals surface area (Å²) in [6.07, 6.45) is 9.83. The van der Waals surface area contributed by atoms with Crippen molar-refractivity contribution in [2.45, 2.75) is 48.0 Å². The number of ether oxygens (including phenoxy) is 3. The maximum Gasteiger partial charge on any atom is 0.289 e. The molecule has 2 rings (SSSR count). The first-order valence-corrected chi connectivity index (χ1v) is 15.3. The molecule has 0 spiro atoms. The van der Waals surface area contributed by atoms with Gasteiger partial charge in [0.05, 0.1) is 12.0 Å². The Hall–Kier alpha value is -3.76. The Morgan fingerprint density at radius 1 is 1.12 bits per heavy atom. The Bertz CT molecular complexity index is 1260. The van der Waals surface area contributed by atoms with E-state index in [-0.39, 0.29) is 41.5 Å². The van der Waals surface area contributed by atoms with Gasteiger partial charge in [0.2, 0.25) is 17.4 Å². The number of methoxy groups -OCH3 is 1. The summed E-state index contributed by atoms with van der Waals surface area (Å²) in [6, 6.07) is 7.65. The summed E-state index contributed by atoms with van der Waals surface area (Å²) in [5.74, 6) is -0.314. The van der Waals surface area contributed by atoms with E-state index in [4.69, 9.17) is 14.2 Å². The van der Waals surface area contributed by atoms with Gasteiger partial charge in [0.25, 0.3) is 5.24 Å². The first-order valence-electron chi connectivity index (χ1n) is 13.6. The van der Waals surface area contributed by atoms with E-state index in [1.54, 1.807) is 42.0 Å². The van der Waals surface area contributed by atoms with E-state index in [2.05, 4.69) is 11.9 Å². The molecule has 0 fully saturated rings. The molecule has 0 saturated carbocycles. The van der Waals surface area contributed by atoms with Gasteiger partial charge < -0.3 is 14.2 Å². The van der Waals surface area contributed by atoms with Gasteiger partial charge >= 0.3 is 0 Å². The summed E-state index contributed by atoms with van der Waals surface area (Å²) < 4.78 is 31.0. The number of rotatable bonds is 12. The van der Waals surface area contributed by atoms with Crippen LogP contribution < -0.4 is 10.1 Å². The van der Waals surface area contributed by atoms with E-state index in [0.29, 0.717) is 17.1 Å². The molecule has 0 heterocycles. The molecule has 0 unspecified atom stereocenters. The van der Waals surface area contributed by atoms with Crippen LogP contribution in [0.25, 0.3) is 0 Å². The summed E-state index contributed by atoms with van der Waals surface area (Å²) in [7, 11) is 1.46. The van der Waals surface area contributed by atoms with Gasteiger partial charge in [-0.15, -0.1) is 0 Å². The van der Waals surface area contributed by atoms with Crippen LogP contribution in [0.2, 0.25) is 0 Å². The van der Waals surface area contributed by atoms with Crippen molar-refractivity contribution in [1.29, 1.82) is 0 Å². The maximum atomic E-state index is 13.9. The largest absolute Gasteiger partial charge is 0.492 e. The normalized spacial score (nSPS) is 13.0. The fraction of sp³-hybridized carbons (Fsp3) is 0.303. The lowest BCUT2D eigenvalue weighted by molar-refractivity contribution is -0.118. The summed E-state index contributed by atoms with van der Waals surface area (Å²) in [5, 5.41) is 5.01. The van der Waals surface area contributed by atoms with Gasteiger partial charge in [-0.25, -0.2) is 4.39 Å². The van der Waals surface area contributed by atoms with Gasteiger partial charge in [-0.3, -0.25) is 19.7 Å². The average Bonchev–Trinajstić information content (AvgIpc) is 3.22. The van der Waals surface area contributed by atoms with Crippen molar-refractivity contribution in [1.82, 2.24) is 5.32 Å². The minimum absolute atomic E-state index is 0.0107. The molecule has 0 aliphatic heterocycles. The number of hydrogen-bond acceptors (Lipinski definition) is 8. The van der Waals surface area contributed by atoms with E-state index < -0.39 is 11.6 Å². The predicted molar refractivity (Wildman–Crippen MR) is 177 cm³/mol. The van der Waals surface area contributed by atoms with Crippen LogP contribution in [0.1, 0.15) is 46.6 Å². The summed E-state index contributed by atoms with van der Waals surface area (Å²) in [4.78, 5) is 34.8. The molecule has 7 nitrogen and oxygen atoms in total. The average molecular weight is 632 g/mol. The molecule has 1 aromatic rings. The molecule has 234 valence electrons. The van der Waals surface area contributed by atoms with Gasteiger partial charge in [0.1, 0.15) is 24.8 Å². The summed E-state index contributed by atoms with van der Waals surface area (Å²) >= 11 is 2.25. The number of benzene rings is 1. The fourth-order valence-corrected chi connectivity index (χ4v) is 4.16. The van der Waals surface area contributed by atoms with Crippen LogP contribution in [0, 0.1) is 6.92 Å². The maximum absolute atomic E-state index is 13.9. The Morgan fingerprint density at radius 2 is 1.84 bits per heavy atom. The third-order valence-corrected chi connectivity index (χ3v) is 6.36. The van der Waals surface area contributed by atoms with E-state index in [1.807, 2.05) is 52.0 Å². The van der Waals surface area contributed by atoms with Crippen LogP contribution >= 0.6 is 23.5 Å². The molecule has 0 aromatic heterocycles. The van der Waals surface area contributed by atoms with Crippen molar-refractivity contribution in [2.75, 3.05) is 20.3 Å². The second kappa shape index (κ2) is 23.8. The Morgan fingerprint density at radius 3 is 2.42 bits per heavy atom. The minimum atomic E-state index is -0.474. The zero-order valence-corrected chi connectivity index (χ0v) is 27.5. The highest BCUT2D eigenvalue weighted by atomic mass is 32.2. The number of amides is 2. The van der Waals surface area contributed by atoms with Gasteiger partial charge in [0.15, 0.2) is 5.76 Å². The first kappa shape index (κ1) is 39.2. The zero-order chi connectivity index (χ0) is 32.6. The van der Waals surface area contributed by atoms with E-state index in [0.717, 1.165) is 17.3 Å². The molecule has 0 radical (unpaired) electrons. The van der Waals surface area contributed by atoms with Crippen LogP contribution in [-0.2, 0) is 19.1 Å². The molecular weight excluding hydrogens is 589 g/mol. The fourth-order valence-electron chi connectivity index (χ4n) is 3.10. The second-order valence-electron chi connectivity index (χ2n) is 8.03. The summed E-state index contributed by atoms with van der Waals surface area (Å²) in [5.41, 5.74) is 1.26. The molecule has 1 aliphatic rings. The molecule has 1 aromatic carbocycles. The van der Waals surface area contributed by atoms with Crippen LogP contribution in [0.3, 0.4) is 0 Å². The number of Topliss-reactive ketones (excluding diaryl/α,β-unsaturated/α-hetero) is 1. The number of aryl methyl sites for hydroxylation is 1. The van der Waals surface area contributed by atoms with Crippen molar-refractivity contribution >= 4 is 40.5 Å². The van der Waals surface area contributed by atoms with Crippen LogP contribution in [-0.4, -0.2) is 37.3 Å². The highest BCUT2D eigenvalue weighted by Gasteiger charge is 2.24. The van der Waals surface area contributed by atoms with Gasteiger partial charge in [-0.1, -0.05) is 68.6 Å². The first-order chi connectivity index (χ1) is 20.7. The van der Waals surface area contributed by atoms with Crippen molar-refractivity contribution in [3.63, 3.8) is 0 Å². The number of imide groups is 1. The number of ketones is 1. The second-order valence-corrected chi connectivity index (χ2v) is 9.91. The topological polar surface area (TPSA) is 90.9 Å². The van der Waals surface area contributed by atoms with Gasteiger partial charge in [-0.05, 0) is 79.6 Å². The lowest BCUT2D eigenvalue weighted by atomic mass is 10.1. The zero-order valence-electron chi connectivity index (χ0n) is 25.9. The van der Waals surface area contributed by atoms with E-state index in [9.17, 15) is 18.8 Å². The molecule has 0 bridgehead atoms. The number of carbonyl (C=O) groups excluding carboxylic acids is 3. The number of carbonyl (C=O) groups is 3. The highest BCUT2D eigenvalue weighted by Crippen LogP contribution is 2.30. The number of nitrogens with one attached hydrogen (secondary N) is 1. The molecule has 1 aliphatic carbocycles.